The zero-order valence-corrected chi connectivity index (χ0v) is 24.0. The van der Waals surface area contributed by atoms with Gasteiger partial charge in [-0.05, 0) is 42.2 Å². The Balaban J connectivity index is 1.62. The number of sulfonamides is 1. The summed E-state index contributed by atoms with van der Waals surface area (Å²) >= 11 is 2.22. The predicted octanol–water partition coefficient (Wildman–Crippen LogP) is 4.00. The monoisotopic (exact) mass is 576 g/mol. The summed E-state index contributed by atoms with van der Waals surface area (Å²) in [7, 11) is -2.71. The average molecular weight is 577 g/mol. The number of esters is 1. The molecule has 3 aromatic rings. The highest BCUT2D eigenvalue weighted by Gasteiger charge is 2.38. The second kappa shape index (κ2) is 10.9. The Morgan fingerprint density at radius 3 is 2.55 bits per heavy atom. The van der Waals surface area contributed by atoms with Crippen LogP contribution in [0.3, 0.4) is 0 Å². The van der Waals surface area contributed by atoms with Crippen molar-refractivity contribution in [3.8, 4) is 5.75 Å². The van der Waals surface area contributed by atoms with Crippen molar-refractivity contribution in [1.29, 1.82) is 0 Å². The summed E-state index contributed by atoms with van der Waals surface area (Å²) in [6.07, 6.45) is -1.14. The highest BCUT2D eigenvalue weighted by atomic mass is 32.2. The van der Waals surface area contributed by atoms with Crippen molar-refractivity contribution in [3.63, 3.8) is 0 Å². The van der Waals surface area contributed by atoms with Crippen LogP contribution in [0.4, 0.5) is 10.8 Å². The maximum atomic E-state index is 13.8. The molecule has 2 aromatic carbocycles. The van der Waals surface area contributed by atoms with E-state index < -0.39 is 28.0 Å². The summed E-state index contributed by atoms with van der Waals surface area (Å²) < 4.78 is 39.9. The summed E-state index contributed by atoms with van der Waals surface area (Å²) in [5, 5.41) is 10.7. The highest BCUT2D eigenvalue weighted by Crippen LogP contribution is 2.40. The lowest BCUT2D eigenvalue weighted by atomic mass is 9.86. The summed E-state index contributed by atoms with van der Waals surface area (Å²) in [6, 6.07) is 11.9. The fourth-order valence-electron chi connectivity index (χ4n) is 3.60. The molecular formula is C25H28N4O6S3. The fourth-order valence-corrected chi connectivity index (χ4v) is 6.66. The van der Waals surface area contributed by atoms with Gasteiger partial charge in [0.15, 0.2) is 10.4 Å². The predicted molar refractivity (Wildman–Crippen MR) is 147 cm³/mol. The number of thioether (sulfide) groups is 1. The van der Waals surface area contributed by atoms with Gasteiger partial charge in [-0.25, -0.2) is 8.42 Å². The Kier molecular flexibility index (Phi) is 8.00. The minimum atomic E-state index is -4.01. The number of fused-ring (bicyclic) bond motifs is 1. The van der Waals surface area contributed by atoms with Gasteiger partial charge in [0.1, 0.15) is 5.75 Å². The molecule has 4 rings (SSSR count). The van der Waals surface area contributed by atoms with E-state index in [2.05, 4.69) is 20.3 Å². The number of aryl methyl sites for hydroxylation is 1. The van der Waals surface area contributed by atoms with E-state index >= 15 is 0 Å². The van der Waals surface area contributed by atoms with Gasteiger partial charge in [0, 0.05) is 0 Å². The minimum absolute atomic E-state index is 0.0595. The SMILES string of the molecule is COC(=O)CSc1nnc(NC(=O)[C@H]2CN(S(=O)(=O)c3ccc(C)cc3)c3cc(C(C)(C)C)ccc3O2)s1. The molecule has 0 saturated carbocycles. The topological polar surface area (TPSA) is 128 Å². The Morgan fingerprint density at radius 1 is 1.18 bits per heavy atom. The third-order valence-corrected chi connectivity index (χ3v) is 9.51. The molecule has 0 bridgehead atoms. The van der Waals surface area contributed by atoms with E-state index in [9.17, 15) is 18.0 Å². The molecule has 1 aliphatic rings. The van der Waals surface area contributed by atoms with Gasteiger partial charge in [0.05, 0.1) is 30.0 Å². The Hall–Kier alpha value is -3.16. The average Bonchev–Trinajstić information content (AvgIpc) is 3.33. The van der Waals surface area contributed by atoms with Gasteiger partial charge in [0.2, 0.25) is 5.13 Å². The molecular weight excluding hydrogens is 548 g/mol. The molecule has 1 amide bonds. The van der Waals surface area contributed by atoms with Crippen molar-refractivity contribution in [1.82, 2.24) is 10.2 Å². The van der Waals surface area contributed by atoms with Gasteiger partial charge in [-0.15, -0.1) is 10.2 Å². The van der Waals surface area contributed by atoms with Crippen LogP contribution in [-0.4, -0.2) is 56.0 Å². The van der Waals surface area contributed by atoms with E-state index in [4.69, 9.17) is 4.74 Å². The molecule has 1 atom stereocenters. The molecule has 13 heteroatoms. The number of nitrogens with one attached hydrogen (secondary N) is 1. The van der Waals surface area contributed by atoms with Gasteiger partial charge >= 0.3 is 5.97 Å². The second-order valence-electron chi connectivity index (χ2n) is 9.62. The lowest BCUT2D eigenvalue weighted by Gasteiger charge is -2.35. The third kappa shape index (κ3) is 6.11. The van der Waals surface area contributed by atoms with Gasteiger partial charge in [-0.2, -0.15) is 0 Å². The number of nitrogens with zero attached hydrogens (tertiary/aromatic N) is 3. The molecule has 0 fully saturated rings. The first-order chi connectivity index (χ1) is 17.9. The number of benzene rings is 2. The van der Waals surface area contributed by atoms with E-state index in [-0.39, 0.29) is 33.5 Å². The number of anilines is 2. The smallest absolute Gasteiger partial charge is 0.316 e. The molecule has 202 valence electrons. The molecule has 2 heterocycles. The molecule has 0 spiro atoms. The standard InChI is InChI=1S/C25H28N4O6S3/c1-15-6-9-17(10-7-15)38(32,33)29-13-20(35-19-11-8-16(12-18(19)29)25(2,3)4)22(31)26-23-27-28-24(37-23)36-14-21(30)34-5/h6-12,20H,13-14H2,1-5H3,(H,26,27,31)/t20-/m1/s1. The number of ether oxygens (including phenoxy) is 2. The first kappa shape index (κ1) is 27.9. The van der Waals surface area contributed by atoms with Crippen LogP contribution in [0.25, 0.3) is 0 Å². The van der Waals surface area contributed by atoms with Gasteiger partial charge in [0.25, 0.3) is 15.9 Å². The second-order valence-corrected chi connectivity index (χ2v) is 13.7. The number of methoxy groups -OCH3 is 1. The fraction of sp³-hybridized carbons (Fsp3) is 0.360. The lowest BCUT2D eigenvalue weighted by molar-refractivity contribution is -0.137. The van der Waals surface area contributed by atoms with Crippen LogP contribution in [0.5, 0.6) is 5.75 Å². The molecule has 1 aliphatic heterocycles. The Bertz CT molecular complexity index is 1450. The number of hydrogen-bond acceptors (Lipinski definition) is 10. The van der Waals surface area contributed by atoms with Crippen molar-refractivity contribution in [2.75, 3.05) is 29.0 Å². The number of rotatable bonds is 7. The Morgan fingerprint density at radius 2 is 1.89 bits per heavy atom. The molecule has 1 N–H and O–H groups in total. The summed E-state index contributed by atoms with van der Waals surface area (Å²) in [5.41, 5.74) is 2.00. The van der Waals surface area contributed by atoms with E-state index in [0.29, 0.717) is 10.0 Å². The summed E-state index contributed by atoms with van der Waals surface area (Å²) in [4.78, 5) is 24.7. The quantitative estimate of drug-likeness (QED) is 0.252. The van der Waals surface area contributed by atoms with E-state index in [1.807, 2.05) is 33.8 Å². The Labute approximate surface area is 229 Å². The number of carbonyl (C=O) groups excluding carboxylic acids is 2. The lowest BCUT2D eigenvalue weighted by Crippen LogP contribution is -2.49. The number of amides is 1. The van der Waals surface area contributed by atoms with Crippen molar-refractivity contribution in [2.24, 2.45) is 0 Å². The highest BCUT2D eigenvalue weighted by molar-refractivity contribution is 8.01. The maximum absolute atomic E-state index is 13.8. The molecule has 0 aliphatic carbocycles. The van der Waals surface area contributed by atoms with Gasteiger partial charge < -0.3 is 9.47 Å². The largest absolute Gasteiger partial charge is 0.476 e. The maximum Gasteiger partial charge on any atom is 0.316 e. The molecule has 0 radical (unpaired) electrons. The summed E-state index contributed by atoms with van der Waals surface area (Å²) in [6.45, 7) is 7.75. The van der Waals surface area contributed by atoms with Crippen molar-refractivity contribution in [3.05, 3.63) is 53.6 Å². The number of carbonyl (C=O) groups is 2. The van der Waals surface area contributed by atoms with E-state index in [1.165, 1.54) is 11.4 Å². The molecule has 1 aromatic heterocycles. The van der Waals surface area contributed by atoms with Crippen LogP contribution in [0, 0.1) is 6.92 Å². The zero-order chi connectivity index (χ0) is 27.7. The number of hydrogen-bond donors (Lipinski definition) is 1. The molecule has 38 heavy (non-hydrogen) atoms. The van der Waals surface area contributed by atoms with Crippen LogP contribution in [-0.2, 0) is 29.8 Å². The minimum Gasteiger partial charge on any atom is -0.476 e. The number of aromatic nitrogens is 2. The van der Waals surface area contributed by atoms with E-state index in [0.717, 1.165) is 34.2 Å². The first-order valence-electron chi connectivity index (χ1n) is 11.6. The van der Waals surface area contributed by atoms with Crippen LogP contribution in [0.15, 0.2) is 51.7 Å². The van der Waals surface area contributed by atoms with Crippen LogP contribution < -0.4 is 14.4 Å². The van der Waals surface area contributed by atoms with Crippen LogP contribution >= 0.6 is 23.1 Å². The molecule has 10 nitrogen and oxygen atoms in total. The zero-order valence-electron chi connectivity index (χ0n) is 21.5. The third-order valence-electron chi connectivity index (χ3n) is 5.77. The molecule has 0 saturated heterocycles. The van der Waals surface area contributed by atoms with Crippen LogP contribution in [0.2, 0.25) is 0 Å². The van der Waals surface area contributed by atoms with Crippen molar-refractivity contribution in [2.45, 2.75) is 48.4 Å². The van der Waals surface area contributed by atoms with Gasteiger partial charge in [-0.1, -0.05) is 67.6 Å². The van der Waals surface area contributed by atoms with Crippen molar-refractivity contribution < 1.29 is 27.5 Å². The van der Waals surface area contributed by atoms with Gasteiger partial charge in [-0.3, -0.25) is 19.2 Å². The van der Waals surface area contributed by atoms with E-state index in [1.54, 1.807) is 36.4 Å². The van der Waals surface area contributed by atoms with Crippen LogP contribution in [0.1, 0.15) is 31.9 Å². The normalized spacial score (nSPS) is 15.4. The van der Waals surface area contributed by atoms with Crippen molar-refractivity contribution >= 4 is 55.8 Å². The summed E-state index contributed by atoms with van der Waals surface area (Å²) in [5.74, 6) is -0.634. The first-order valence-corrected chi connectivity index (χ1v) is 14.9. The molecule has 0 unspecified atom stereocenters.